The van der Waals surface area contributed by atoms with Crippen LogP contribution in [-0.2, 0) is 0 Å². The summed E-state index contributed by atoms with van der Waals surface area (Å²) in [6.07, 6.45) is 2.80. The van der Waals surface area contributed by atoms with Crippen LogP contribution in [-0.4, -0.2) is 18.7 Å². The van der Waals surface area contributed by atoms with Gasteiger partial charge in [0.15, 0.2) is 0 Å². The normalized spacial score (nSPS) is 10.8. The number of hydrogen-bond donors (Lipinski definition) is 1. The number of halogens is 1. The van der Waals surface area contributed by atoms with Crippen LogP contribution in [0.4, 0.5) is 0 Å². The van der Waals surface area contributed by atoms with Crippen LogP contribution in [0.5, 0.6) is 0 Å². The highest BCUT2D eigenvalue weighted by molar-refractivity contribution is 7.98. The Balaban J connectivity index is 1.70. The molecule has 138 valence electrons. The zero-order chi connectivity index (χ0) is 19.1. The van der Waals surface area contributed by atoms with Crippen molar-refractivity contribution in [1.29, 1.82) is 0 Å². The van der Waals surface area contributed by atoms with Gasteiger partial charge in [0.2, 0.25) is 0 Å². The molecule has 0 aliphatic rings. The van der Waals surface area contributed by atoms with E-state index in [1.54, 1.807) is 17.8 Å². The Morgan fingerprint density at radius 1 is 0.963 bits per heavy atom. The van der Waals surface area contributed by atoms with E-state index in [0.717, 1.165) is 11.3 Å². The first-order valence-corrected chi connectivity index (χ1v) is 10.5. The number of rotatable bonds is 7. The molecule has 0 radical (unpaired) electrons. The van der Waals surface area contributed by atoms with Crippen molar-refractivity contribution in [2.45, 2.75) is 17.2 Å². The van der Waals surface area contributed by atoms with Crippen molar-refractivity contribution in [1.82, 2.24) is 5.32 Å². The molecule has 1 N–H and O–H groups in total. The molecule has 0 unspecified atom stereocenters. The van der Waals surface area contributed by atoms with Crippen LogP contribution in [0.1, 0.15) is 33.8 Å². The fourth-order valence-electron chi connectivity index (χ4n) is 3.13. The fraction of sp³-hybridized carbons (Fsp3) is 0.174. The van der Waals surface area contributed by atoms with Crippen molar-refractivity contribution < 1.29 is 4.79 Å². The summed E-state index contributed by atoms with van der Waals surface area (Å²) in [4.78, 5) is 13.6. The van der Waals surface area contributed by atoms with Gasteiger partial charge in [0.1, 0.15) is 0 Å². The van der Waals surface area contributed by atoms with Crippen molar-refractivity contribution in [2.75, 3.05) is 12.8 Å². The van der Waals surface area contributed by atoms with Crippen molar-refractivity contribution in [3.05, 3.63) is 101 Å². The average molecular weight is 396 g/mol. The first-order chi connectivity index (χ1) is 13.2. The first-order valence-electron chi connectivity index (χ1n) is 8.90. The predicted octanol–water partition coefficient (Wildman–Crippen LogP) is 6.01. The summed E-state index contributed by atoms with van der Waals surface area (Å²) in [5.41, 5.74) is 3.03. The maximum absolute atomic E-state index is 12.6. The van der Waals surface area contributed by atoms with E-state index < -0.39 is 0 Å². The number of benzene rings is 3. The van der Waals surface area contributed by atoms with E-state index in [1.165, 1.54) is 11.1 Å². The summed E-state index contributed by atoms with van der Waals surface area (Å²) in [7, 11) is 0. The van der Waals surface area contributed by atoms with Crippen LogP contribution in [0.15, 0.2) is 83.8 Å². The molecule has 0 aliphatic carbocycles. The van der Waals surface area contributed by atoms with Crippen molar-refractivity contribution in [3.63, 3.8) is 0 Å². The number of carbonyl (C=O) groups is 1. The molecule has 27 heavy (non-hydrogen) atoms. The third kappa shape index (κ3) is 5.15. The second-order valence-electron chi connectivity index (χ2n) is 6.26. The molecule has 0 saturated carbocycles. The standard InChI is InChI=1S/C23H22ClNOS/c1-27-19-12-13-22(24)21(16-19)23(26)25-15-14-20(17-8-4-2-5-9-17)18-10-6-3-7-11-18/h2-13,16,20H,14-15H2,1H3,(H,25,26). The van der Waals surface area contributed by atoms with Crippen molar-refractivity contribution in [3.8, 4) is 0 Å². The molecular weight excluding hydrogens is 374 g/mol. The smallest absolute Gasteiger partial charge is 0.252 e. The van der Waals surface area contributed by atoms with E-state index in [-0.39, 0.29) is 11.8 Å². The Kier molecular flexibility index (Phi) is 6.97. The Morgan fingerprint density at radius 2 is 1.56 bits per heavy atom. The molecule has 2 nitrogen and oxygen atoms in total. The van der Waals surface area contributed by atoms with Crippen molar-refractivity contribution >= 4 is 29.3 Å². The lowest BCUT2D eigenvalue weighted by molar-refractivity contribution is 0.0952. The zero-order valence-corrected chi connectivity index (χ0v) is 16.8. The van der Waals surface area contributed by atoms with Crippen LogP contribution < -0.4 is 5.32 Å². The monoisotopic (exact) mass is 395 g/mol. The summed E-state index contributed by atoms with van der Waals surface area (Å²) >= 11 is 7.80. The third-order valence-corrected chi connectivity index (χ3v) is 5.60. The predicted molar refractivity (Wildman–Crippen MR) is 115 cm³/mol. The van der Waals surface area contributed by atoms with Gasteiger partial charge in [0, 0.05) is 17.4 Å². The van der Waals surface area contributed by atoms with Gasteiger partial charge < -0.3 is 5.32 Å². The molecule has 0 saturated heterocycles. The zero-order valence-electron chi connectivity index (χ0n) is 15.2. The number of hydrogen-bond acceptors (Lipinski definition) is 2. The third-order valence-electron chi connectivity index (χ3n) is 4.54. The molecule has 0 fully saturated rings. The van der Waals surface area contributed by atoms with Crippen LogP contribution in [0.3, 0.4) is 0 Å². The van der Waals surface area contributed by atoms with Gasteiger partial charge in [0.25, 0.3) is 5.91 Å². The minimum Gasteiger partial charge on any atom is -0.352 e. The van der Waals surface area contributed by atoms with Gasteiger partial charge in [-0.15, -0.1) is 11.8 Å². The minimum atomic E-state index is -0.129. The molecule has 0 spiro atoms. The summed E-state index contributed by atoms with van der Waals surface area (Å²) in [5, 5.41) is 3.51. The van der Waals surface area contributed by atoms with Gasteiger partial charge in [-0.2, -0.15) is 0 Å². The van der Waals surface area contributed by atoms with Gasteiger partial charge in [-0.3, -0.25) is 4.79 Å². The largest absolute Gasteiger partial charge is 0.352 e. The Labute approximate surface area is 170 Å². The highest BCUT2D eigenvalue weighted by atomic mass is 35.5. The molecule has 3 aromatic carbocycles. The maximum Gasteiger partial charge on any atom is 0.252 e. The fourth-order valence-corrected chi connectivity index (χ4v) is 3.77. The Morgan fingerprint density at radius 3 is 2.11 bits per heavy atom. The molecule has 1 amide bonds. The van der Waals surface area contributed by atoms with Crippen molar-refractivity contribution in [2.24, 2.45) is 0 Å². The maximum atomic E-state index is 12.6. The quantitative estimate of drug-likeness (QED) is 0.496. The van der Waals surface area contributed by atoms with E-state index >= 15 is 0 Å². The summed E-state index contributed by atoms with van der Waals surface area (Å²) < 4.78 is 0. The minimum absolute atomic E-state index is 0.129. The average Bonchev–Trinajstić information content (AvgIpc) is 2.72. The topological polar surface area (TPSA) is 29.1 Å². The van der Waals surface area contributed by atoms with E-state index in [9.17, 15) is 4.79 Å². The van der Waals surface area contributed by atoms with E-state index in [4.69, 9.17) is 11.6 Å². The lowest BCUT2D eigenvalue weighted by Gasteiger charge is -2.18. The molecule has 0 heterocycles. The van der Waals surface area contributed by atoms with Gasteiger partial charge in [-0.05, 0) is 42.0 Å². The second-order valence-corrected chi connectivity index (χ2v) is 7.55. The van der Waals surface area contributed by atoms with Crippen LogP contribution >= 0.6 is 23.4 Å². The molecule has 3 aromatic rings. The number of amides is 1. The molecular formula is C23H22ClNOS. The van der Waals surface area contributed by atoms with Crippen LogP contribution in [0.25, 0.3) is 0 Å². The summed E-state index contributed by atoms with van der Waals surface area (Å²) in [5.74, 6) is 0.108. The molecule has 3 rings (SSSR count). The van der Waals surface area contributed by atoms with Gasteiger partial charge >= 0.3 is 0 Å². The molecule has 0 atom stereocenters. The van der Waals surface area contributed by atoms with Gasteiger partial charge in [-0.25, -0.2) is 0 Å². The number of thioether (sulfide) groups is 1. The van der Waals surface area contributed by atoms with E-state index in [1.807, 2.05) is 30.5 Å². The Bertz CT molecular complexity index is 844. The SMILES string of the molecule is CSc1ccc(Cl)c(C(=O)NCCC(c2ccccc2)c2ccccc2)c1. The lowest BCUT2D eigenvalue weighted by Crippen LogP contribution is -2.26. The van der Waals surface area contributed by atoms with E-state index in [0.29, 0.717) is 17.1 Å². The summed E-state index contributed by atoms with van der Waals surface area (Å²) in [6.45, 7) is 0.577. The van der Waals surface area contributed by atoms with E-state index in [2.05, 4.69) is 53.8 Å². The van der Waals surface area contributed by atoms with Gasteiger partial charge in [0.05, 0.1) is 10.6 Å². The number of nitrogens with one attached hydrogen (secondary N) is 1. The van der Waals surface area contributed by atoms with Crippen LogP contribution in [0.2, 0.25) is 5.02 Å². The molecule has 0 aliphatic heterocycles. The van der Waals surface area contributed by atoms with Crippen LogP contribution in [0, 0.1) is 0 Å². The Hall–Kier alpha value is -2.23. The lowest BCUT2D eigenvalue weighted by atomic mass is 9.88. The first kappa shape index (κ1) is 19.5. The number of carbonyl (C=O) groups excluding carboxylic acids is 1. The van der Waals surface area contributed by atoms with Gasteiger partial charge in [-0.1, -0.05) is 72.3 Å². The highest BCUT2D eigenvalue weighted by Gasteiger charge is 2.15. The molecule has 4 heteroatoms. The molecule has 0 aromatic heterocycles. The second kappa shape index (κ2) is 9.63. The molecule has 0 bridgehead atoms. The highest BCUT2D eigenvalue weighted by Crippen LogP contribution is 2.28. The summed E-state index contributed by atoms with van der Waals surface area (Å²) in [6, 6.07) is 26.3.